The number of methoxy groups -OCH3 is 1. The standard InChI is InChI=1S/C17H14ClN3O2/c1-23-16-7-5-12(10-19-16)11-21-17(22)8-6-15(20-21)13-3-2-4-14(18)9-13/h2-10H,11H2,1H3. The smallest absolute Gasteiger partial charge is 0.267 e. The van der Waals surface area contributed by atoms with Crippen LogP contribution in [0.4, 0.5) is 0 Å². The lowest BCUT2D eigenvalue weighted by molar-refractivity contribution is 0.397. The highest BCUT2D eigenvalue weighted by Crippen LogP contribution is 2.19. The molecule has 0 bridgehead atoms. The lowest BCUT2D eigenvalue weighted by Gasteiger charge is -2.08. The van der Waals surface area contributed by atoms with Crippen molar-refractivity contribution in [2.45, 2.75) is 6.54 Å². The first-order valence-corrected chi connectivity index (χ1v) is 7.36. The average Bonchev–Trinajstić information content (AvgIpc) is 2.57. The molecule has 0 radical (unpaired) electrons. The molecule has 0 aliphatic rings. The molecule has 0 N–H and O–H groups in total. The topological polar surface area (TPSA) is 57.0 Å². The predicted molar refractivity (Wildman–Crippen MR) is 88.8 cm³/mol. The Morgan fingerprint density at radius 1 is 1.17 bits per heavy atom. The van der Waals surface area contributed by atoms with E-state index in [9.17, 15) is 4.79 Å². The number of hydrogen-bond donors (Lipinski definition) is 0. The zero-order valence-electron chi connectivity index (χ0n) is 12.4. The van der Waals surface area contributed by atoms with Crippen LogP contribution in [0.1, 0.15) is 5.56 Å². The van der Waals surface area contributed by atoms with Gasteiger partial charge in [0, 0.05) is 28.9 Å². The third-order valence-electron chi connectivity index (χ3n) is 3.33. The molecular weight excluding hydrogens is 314 g/mol. The molecule has 0 spiro atoms. The summed E-state index contributed by atoms with van der Waals surface area (Å²) in [5, 5.41) is 5.03. The Morgan fingerprint density at radius 2 is 2.04 bits per heavy atom. The van der Waals surface area contributed by atoms with Crippen LogP contribution in [0.2, 0.25) is 5.02 Å². The van der Waals surface area contributed by atoms with E-state index in [0.29, 0.717) is 23.1 Å². The van der Waals surface area contributed by atoms with Crippen LogP contribution in [-0.4, -0.2) is 21.9 Å². The van der Waals surface area contributed by atoms with E-state index in [0.717, 1.165) is 11.1 Å². The first-order chi connectivity index (χ1) is 11.2. The molecule has 6 heteroatoms. The van der Waals surface area contributed by atoms with Crippen LogP contribution in [0.3, 0.4) is 0 Å². The van der Waals surface area contributed by atoms with Crippen LogP contribution in [0, 0.1) is 0 Å². The van der Waals surface area contributed by atoms with Crippen molar-refractivity contribution in [3.8, 4) is 17.1 Å². The van der Waals surface area contributed by atoms with E-state index in [1.165, 1.54) is 10.7 Å². The van der Waals surface area contributed by atoms with Gasteiger partial charge in [-0.05, 0) is 23.8 Å². The van der Waals surface area contributed by atoms with E-state index in [2.05, 4.69) is 10.1 Å². The second kappa shape index (κ2) is 6.62. The Kier molecular flexibility index (Phi) is 4.39. The maximum atomic E-state index is 12.0. The fraction of sp³-hybridized carbons (Fsp3) is 0.118. The summed E-state index contributed by atoms with van der Waals surface area (Å²) < 4.78 is 6.43. The van der Waals surface area contributed by atoms with Crippen LogP contribution in [0.25, 0.3) is 11.3 Å². The van der Waals surface area contributed by atoms with Crippen LogP contribution >= 0.6 is 11.6 Å². The number of aromatic nitrogens is 3. The molecule has 0 aliphatic carbocycles. The van der Waals surface area contributed by atoms with Gasteiger partial charge < -0.3 is 4.74 Å². The monoisotopic (exact) mass is 327 g/mol. The largest absolute Gasteiger partial charge is 0.481 e. The summed E-state index contributed by atoms with van der Waals surface area (Å²) in [5.41, 5.74) is 2.24. The minimum absolute atomic E-state index is 0.174. The first kappa shape index (κ1) is 15.2. The number of halogens is 1. The van der Waals surface area contributed by atoms with E-state index in [1.807, 2.05) is 24.3 Å². The first-order valence-electron chi connectivity index (χ1n) is 6.99. The van der Waals surface area contributed by atoms with Gasteiger partial charge in [-0.15, -0.1) is 0 Å². The molecule has 0 aliphatic heterocycles. The van der Waals surface area contributed by atoms with Crippen molar-refractivity contribution < 1.29 is 4.74 Å². The van der Waals surface area contributed by atoms with Gasteiger partial charge in [0.05, 0.1) is 19.3 Å². The molecule has 0 saturated heterocycles. The van der Waals surface area contributed by atoms with E-state index in [-0.39, 0.29) is 5.56 Å². The van der Waals surface area contributed by atoms with Gasteiger partial charge in [0.2, 0.25) is 5.88 Å². The molecule has 23 heavy (non-hydrogen) atoms. The lowest BCUT2D eigenvalue weighted by Crippen LogP contribution is -2.22. The van der Waals surface area contributed by atoms with Crippen LogP contribution < -0.4 is 10.3 Å². The molecule has 3 aromatic rings. The van der Waals surface area contributed by atoms with Crippen LogP contribution in [0.15, 0.2) is 59.5 Å². The van der Waals surface area contributed by atoms with Gasteiger partial charge in [-0.25, -0.2) is 9.67 Å². The summed E-state index contributed by atoms with van der Waals surface area (Å²) in [4.78, 5) is 16.2. The van der Waals surface area contributed by atoms with Gasteiger partial charge >= 0.3 is 0 Å². The third-order valence-corrected chi connectivity index (χ3v) is 3.56. The SMILES string of the molecule is COc1ccc(Cn2nc(-c3cccc(Cl)c3)ccc2=O)cn1. The molecule has 3 rings (SSSR count). The number of nitrogens with zero attached hydrogens (tertiary/aromatic N) is 3. The van der Waals surface area contributed by atoms with Crippen molar-refractivity contribution in [1.82, 2.24) is 14.8 Å². The third kappa shape index (κ3) is 3.57. The number of rotatable bonds is 4. The van der Waals surface area contributed by atoms with Gasteiger partial charge in [-0.1, -0.05) is 29.8 Å². The molecule has 0 atom stereocenters. The van der Waals surface area contributed by atoms with E-state index in [4.69, 9.17) is 16.3 Å². The Bertz CT molecular complexity index is 876. The zero-order valence-corrected chi connectivity index (χ0v) is 13.2. The molecule has 2 aromatic heterocycles. The molecular formula is C17H14ClN3O2. The normalized spacial score (nSPS) is 10.5. The van der Waals surface area contributed by atoms with Crippen LogP contribution in [0.5, 0.6) is 5.88 Å². The molecule has 0 unspecified atom stereocenters. The second-order valence-electron chi connectivity index (χ2n) is 4.93. The minimum atomic E-state index is -0.174. The highest BCUT2D eigenvalue weighted by atomic mass is 35.5. The molecule has 116 valence electrons. The van der Waals surface area contributed by atoms with E-state index < -0.39 is 0 Å². The summed E-state index contributed by atoms with van der Waals surface area (Å²) in [7, 11) is 1.56. The maximum Gasteiger partial charge on any atom is 0.267 e. The van der Waals surface area contributed by atoms with Crippen molar-refractivity contribution in [2.75, 3.05) is 7.11 Å². The summed E-state index contributed by atoms with van der Waals surface area (Å²) in [5.74, 6) is 0.529. The number of benzene rings is 1. The number of hydrogen-bond acceptors (Lipinski definition) is 4. The number of pyridine rings is 1. The molecule has 0 saturated carbocycles. The van der Waals surface area contributed by atoms with Crippen molar-refractivity contribution >= 4 is 11.6 Å². The maximum absolute atomic E-state index is 12.0. The van der Waals surface area contributed by atoms with Gasteiger partial charge in [0.15, 0.2) is 0 Å². The number of ether oxygens (including phenoxy) is 1. The Labute approximate surface area is 138 Å². The minimum Gasteiger partial charge on any atom is -0.481 e. The molecule has 5 nitrogen and oxygen atoms in total. The summed E-state index contributed by atoms with van der Waals surface area (Å²) in [6.45, 7) is 0.338. The predicted octanol–water partition coefficient (Wildman–Crippen LogP) is 3.02. The molecule has 0 fully saturated rings. The molecule has 0 amide bonds. The second-order valence-corrected chi connectivity index (χ2v) is 5.37. The van der Waals surface area contributed by atoms with Crippen LogP contribution in [-0.2, 0) is 6.54 Å². The van der Waals surface area contributed by atoms with E-state index in [1.54, 1.807) is 31.5 Å². The fourth-order valence-electron chi connectivity index (χ4n) is 2.16. The van der Waals surface area contributed by atoms with Gasteiger partial charge in [0.1, 0.15) is 0 Å². The Balaban J connectivity index is 1.92. The summed E-state index contributed by atoms with van der Waals surface area (Å²) in [6, 6.07) is 14.2. The Morgan fingerprint density at radius 3 is 2.74 bits per heavy atom. The molecule has 1 aromatic carbocycles. The van der Waals surface area contributed by atoms with Crippen molar-refractivity contribution in [1.29, 1.82) is 0 Å². The summed E-state index contributed by atoms with van der Waals surface area (Å²) >= 11 is 6.01. The quantitative estimate of drug-likeness (QED) is 0.739. The van der Waals surface area contributed by atoms with Gasteiger partial charge in [0.25, 0.3) is 5.56 Å². The van der Waals surface area contributed by atoms with Crippen molar-refractivity contribution in [2.24, 2.45) is 0 Å². The summed E-state index contributed by atoms with van der Waals surface area (Å²) in [6.07, 6.45) is 1.67. The fourth-order valence-corrected chi connectivity index (χ4v) is 2.35. The van der Waals surface area contributed by atoms with Gasteiger partial charge in [-0.3, -0.25) is 4.79 Å². The van der Waals surface area contributed by atoms with Gasteiger partial charge in [-0.2, -0.15) is 5.10 Å². The zero-order chi connectivity index (χ0) is 16.2. The molecule has 2 heterocycles. The highest BCUT2D eigenvalue weighted by Gasteiger charge is 2.05. The van der Waals surface area contributed by atoms with E-state index >= 15 is 0 Å². The highest BCUT2D eigenvalue weighted by molar-refractivity contribution is 6.30. The van der Waals surface area contributed by atoms with Crippen molar-refractivity contribution in [3.05, 3.63) is 75.7 Å². The average molecular weight is 328 g/mol. The lowest BCUT2D eigenvalue weighted by atomic mass is 10.1. The Hall–Kier alpha value is -2.66. The van der Waals surface area contributed by atoms with Crippen molar-refractivity contribution in [3.63, 3.8) is 0 Å².